The summed E-state index contributed by atoms with van der Waals surface area (Å²) in [4.78, 5) is 33.5. The maximum absolute atomic E-state index is 14.4. The average molecular weight is 537 g/mol. The van der Waals surface area contributed by atoms with Gasteiger partial charge in [-0.05, 0) is 24.6 Å². The number of nitrogens with one attached hydrogen (secondary N) is 1. The summed E-state index contributed by atoms with van der Waals surface area (Å²) in [6.07, 6.45) is -3.21. The Morgan fingerprint density at radius 1 is 1.29 bits per heavy atom. The van der Waals surface area contributed by atoms with Crippen LogP contribution in [0.2, 0.25) is 5.02 Å². The molecule has 14 heteroatoms. The number of halogens is 5. The van der Waals surface area contributed by atoms with Crippen molar-refractivity contribution in [2.24, 2.45) is 5.92 Å². The molecule has 1 unspecified atom stereocenters. The number of hydrogen-bond acceptors (Lipinski definition) is 7. The second-order valence-corrected chi connectivity index (χ2v) is 8.70. The van der Waals surface area contributed by atoms with Crippen molar-refractivity contribution >= 4 is 45.8 Å². The molecule has 2 aromatic heterocycles. The van der Waals surface area contributed by atoms with Gasteiger partial charge in [-0.25, -0.2) is 14.4 Å². The first-order valence-corrected chi connectivity index (χ1v) is 11.0. The van der Waals surface area contributed by atoms with Crippen molar-refractivity contribution in [1.82, 2.24) is 9.97 Å². The quantitative estimate of drug-likeness (QED) is 0.384. The van der Waals surface area contributed by atoms with E-state index in [9.17, 15) is 32.3 Å². The Morgan fingerprint density at radius 2 is 2.03 bits per heavy atom. The van der Waals surface area contributed by atoms with Gasteiger partial charge in [0.15, 0.2) is 5.13 Å². The first kappa shape index (κ1) is 27.3. The van der Waals surface area contributed by atoms with E-state index in [1.165, 1.54) is 17.6 Å². The number of carboxylic acids is 1. The number of amides is 1. The SMILES string of the molecule is O=C(Nc1nc(-c2cccc(C(F)(F)F)c2F)cs1)c1cnc(N2CCC(C(=O)[O-])C2)c(Cl)c1.[Na+]. The van der Waals surface area contributed by atoms with E-state index in [1.807, 2.05) is 0 Å². The zero-order valence-corrected chi connectivity index (χ0v) is 21.6. The zero-order valence-electron chi connectivity index (χ0n) is 18.0. The second kappa shape index (κ2) is 10.8. The number of carboxylic acid groups (broad SMARTS) is 1. The van der Waals surface area contributed by atoms with Gasteiger partial charge >= 0.3 is 35.7 Å². The number of thiazole rings is 1. The number of alkyl halides is 3. The topological polar surface area (TPSA) is 98.2 Å². The summed E-state index contributed by atoms with van der Waals surface area (Å²) in [5.74, 6) is -3.55. The van der Waals surface area contributed by atoms with Crippen LogP contribution in [0.4, 0.5) is 28.5 Å². The number of hydrogen-bond donors (Lipinski definition) is 1. The summed E-state index contributed by atoms with van der Waals surface area (Å²) < 4.78 is 53.2. The van der Waals surface area contributed by atoms with Gasteiger partial charge in [0.05, 0.1) is 21.8 Å². The Balaban J connectivity index is 0.00000342. The largest absolute Gasteiger partial charge is 1.00 e. The van der Waals surface area contributed by atoms with Crippen LogP contribution in [0.3, 0.4) is 0 Å². The van der Waals surface area contributed by atoms with E-state index < -0.39 is 35.4 Å². The van der Waals surface area contributed by atoms with E-state index in [4.69, 9.17) is 11.6 Å². The van der Waals surface area contributed by atoms with Gasteiger partial charge in [0.1, 0.15) is 11.6 Å². The Bertz CT molecular complexity index is 1270. The summed E-state index contributed by atoms with van der Waals surface area (Å²) in [6.45, 7) is 0.611. The number of aliphatic carboxylic acids is 1. The first-order chi connectivity index (χ1) is 16.0. The molecule has 7 nitrogen and oxygen atoms in total. The fourth-order valence-electron chi connectivity index (χ4n) is 3.51. The normalized spacial score (nSPS) is 15.6. The van der Waals surface area contributed by atoms with Gasteiger partial charge in [0.2, 0.25) is 0 Å². The third-order valence-electron chi connectivity index (χ3n) is 5.21. The molecule has 1 saturated heterocycles. The molecule has 0 saturated carbocycles. The van der Waals surface area contributed by atoms with E-state index in [-0.39, 0.29) is 63.1 Å². The van der Waals surface area contributed by atoms with Crippen LogP contribution in [0.25, 0.3) is 11.3 Å². The molecule has 1 aliphatic rings. The minimum atomic E-state index is -4.86. The van der Waals surface area contributed by atoms with Crippen molar-refractivity contribution < 1.29 is 61.8 Å². The van der Waals surface area contributed by atoms with Crippen LogP contribution in [-0.2, 0) is 11.0 Å². The van der Waals surface area contributed by atoms with Crippen LogP contribution >= 0.6 is 22.9 Å². The Kier molecular flexibility index (Phi) is 8.43. The number of nitrogens with zero attached hydrogens (tertiary/aromatic N) is 3. The predicted molar refractivity (Wildman–Crippen MR) is 115 cm³/mol. The van der Waals surface area contributed by atoms with Crippen LogP contribution in [0.1, 0.15) is 22.3 Å². The van der Waals surface area contributed by atoms with Gasteiger partial charge in [0.25, 0.3) is 5.91 Å². The van der Waals surface area contributed by atoms with E-state index in [2.05, 4.69) is 15.3 Å². The van der Waals surface area contributed by atoms with E-state index >= 15 is 0 Å². The molecular formula is C21H14ClF4N4NaO3S. The summed E-state index contributed by atoms with van der Waals surface area (Å²) in [6, 6.07) is 4.22. The summed E-state index contributed by atoms with van der Waals surface area (Å²) in [7, 11) is 0. The van der Waals surface area contributed by atoms with Gasteiger partial charge in [0, 0.05) is 42.1 Å². The van der Waals surface area contributed by atoms with Crippen LogP contribution in [0, 0.1) is 11.7 Å². The first-order valence-electron chi connectivity index (χ1n) is 9.79. The van der Waals surface area contributed by atoms with Gasteiger partial charge in [-0.15, -0.1) is 11.3 Å². The zero-order chi connectivity index (χ0) is 24.6. The number of anilines is 2. The number of carbonyl (C=O) groups is 2. The van der Waals surface area contributed by atoms with Crippen molar-refractivity contribution in [1.29, 1.82) is 0 Å². The molecule has 1 N–H and O–H groups in total. The monoisotopic (exact) mass is 536 g/mol. The molecule has 178 valence electrons. The van der Waals surface area contributed by atoms with Gasteiger partial charge in [-0.3, -0.25) is 10.1 Å². The Hall–Kier alpha value is -2.25. The number of benzene rings is 1. The average Bonchev–Trinajstić information content (AvgIpc) is 3.43. The van der Waals surface area contributed by atoms with Gasteiger partial charge in [-0.1, -0.05) is 17.7 Å². The van der Waals surface area contributed by atoms with Gasteiger partial charge < -0.3 is 14.8 Å². The van der Waals surface area contributed by atoms with Crippen LogP contribution in [0.15, 0.2) is 35.8 Å². The van der Waals surface area contributed by atoms with Crippen molar-refractivity contribution in [3.63, 3.8) is 0 Å². The smallest absolute Gasteiger partial charge is 0.550 e. The number of pyridine rings is 1. The standard InChI is InChI=1S/C21H15ClF4N4O3S.Na/c22-14-6-11(7-27-17(14)30-5-4-10(8-30)19(32)33)18(31)29-20-28-15(9-34-20)12-2-1-3-13(16(12)23)21(24,25)26;/h1-3,6-7,9-10H,4-5,8H2,(H,32,33)(H,28,29,31);/q;+1/p-1. The number of aromatic nitrogens is 2. The van der Waals surface area contributed by atoms with Crippen LogP contribution in [0.5, 0.6) is 0 Å². The van der Waals surface area contributed by atoms with Gasteiger partial charge in [-0.2, -0.15) is 13.2 Å². The summed E-state index contributed by atoms with van der Waals surface area (Å²) >= 11 is 7.15. The predicted octanol–water partition coefficient (Wildman–Crippen LogP) is 0.849. The van der Waals surface area contributed by atoms with Crippen molar-refractivity contribution in [3.05, 3.63) is 57.8 Å². The molecule has 0 radical (unpaired) electrons. The van der Waals surface area contributed by atoms with Crippen molar-refractivity contribution in [2.75, 3.05) is 23.3 Å². The molecule has 0 spiro atoms. The Morgan fingerprint density at radius 3 is 2.66 bits per heavy atom. The third-order valence-corrected chi connectivity index (χ3v) is 6.25. The molecule has 3 aromatic rings. The number of rotatable bonds is 5. The molecule has 35 heavy (non-hydrogen) atoms. The Labute approximate surface area is 227 Å². The fraction of sp³-hybridized carbons (Fsp3) is 0.238. The molecule has 1 amide bonds. The summed E-state index contributed by atoms with van der Waals surface area (Å²) in [5.41, 5.74) is -1.74. The van der Waals surface area contributed by atoms with Crippen molar-refractivity contribution in [2.45, 2.75) is 12.6 Å². The molecule has 0 bridgehead atoms. The second-order valence-electron chi connectivity index (χ2n) is 7.44. The fourth-order valence-corrected chi connectivity index (χ4v) is 4.50. The maximum atomic E-state index is 14.4. The molecule has 0 aliphatic carbocycles. The molecule has 1 aliphatic heterocycles. The maximum Gasteiger partial charge on any atom is 1.00 e. The van der Waals surface area contributed by atoms with Crippen LogP contribution in [-0.4, -0.2) is 34.9 Å². The molecule has 1 aromatic carbocycles. The van der Waals surface area contributed by atoms with E-state index in [1.54, 1.807) is 4.90 Å². The van der Waals surface area contributed by atoms with E-state index in [0.717, 1.165) is 23.5 Å². The summed E-state index contributed by atoms with van der Waals surface area (Å²) in [5, 5.41) is 15.0. The minimum absolute atomic E-state index is 0. The van der Waals surface area contributed by atoms with E-state index in [0.29, 0.717) is 24.8 Å². The third kappa shape index (κ3) is 5.95. The number of carbonyl (C=O) groups excluding carboxylic acids is 2. The molecule has 1 fully saturated rings. The minimum Gasteiger partial charge on any atom is -0.550 e. The molecular weight excluding hydrogens is 523 g/mol. The van der Waals surface area contributed by atoms with Crippen molar-refractivity contribution in [3.8, 4) is 11.3 Å². The molecule has 3 heterocycles. The molecule has 1 atom stereocenters. The van der Waals surface area contributed by atoms with Crippen LogP contribution < -0.4 is 44.9 Å². The molecule has 4 rings (SSSR count).